The number of aromatic nitrogens is 1. The van der Waals surface area contributed by atoms with E-state index in [4.69, 9.17) is 0 Å². The second-order valence-corrected chi connectivity index (χ2v) is 7.81. The molecule has 2 rings (SSSR count). The number of hydrogen-bond donors (Lipinski definition) is 0. The molecule has 1 aliphatic carbocycles. The Morgan fingerprint density at radius 3 is 2.41 bits per heavy atom. The minimum atomic E-state index is -0.0364. The van der Waals surface area contributed by atoms with Crippen LogP contribution >= 0.6 is 0 Å². The molecule has 0 saturated heterocycles. The molecule has 0 aromatic carbocycles. The lowest BCUT2D eigenvalue weighted by molar-refractivity contribution is 0.182. The summed E-state index contributed by atoms with van der Waals surface area (Å²) in [7, 11) is 4.49. The van der Waals surface area contributed by atoms with Gasteiger partial charge in [-0.05, 0) is 60.8 Å². The minimum absolute atomic E-state index is 0.0364. The summed E-state index contributed by atoms with van der Waals surface area (Å²) in [5, 5.41) is 0. The molecule has 0 amide bonds. The molecule has 3 atom stereocenters. The summed E-state index contributed by atoms with van der Waals surface area (Å²) in [4.78, 5) is 5.99. The smallest absolute Gasteiger partial charge is 0.122 e. The van der Waals surface area contributed by atoms with E-state index in [-0.39, 0.29) is 11.2 Å². The van der Waals surface area contributed by atoms with Crippen LogP contribution in [0.15, 0.2) is 60.2 Å². The Labute approximate surface area is 177 Å². The van der Waals surface area contributed by atoms with E-state index in [1.807, 2.05) is 50.3 Å². The van der Waals surface area contributed by atoms with Gasteiger partial charge in [0.2, 0.25) is 0 Å². The average molecular weight is 407 g/mol. The molecule has 4 heteroatoms. The van der Waals surface area contributed by atoms with Gasteiger partial charge in [0.25, 0.3) is 0 Å². The maximum Gasteiger partial charge on any atom is 0.122 e. The molecule has 0 aliphatic heterocycles. The minimum Gasteiger partial charge on any atom is -0.376 e. The van der Waals surface area contributed by atoms with E-state index in [0.717, 1.165) is 30.5 Å². The van der Waals surface area contributed by atoms with Crippen molar-refractivity contribution in [2.45, 2.75) is 53.9 Å². The molecule has 1 heterocycles. The Kier molecular flexibility index (Phi) is 13.1. The van der Waals surface area contributed by atoms with Crippen LogP contribution in [-0.2, 0) is 0 Å². The summed E-state index contributed by atoms with van der Waals surface area (Å²) >= 11 is 0. The summed E-state index contributed by atoms with van der Waals surface area (Å²) in [6.45, 7) is 10.9. The first-order valence-corrected chi connectivity index (χ1v) is 10.4. The first-order valence-electron chi connectivity index (χ1n) is 10.4. The van der Waals surface area contributed by atoms with Crippen molar-refractivity contribution in [2.24, 2.45) is 17.3 Å². The van der Waals surface area contributed by atoms with Crippen molar-refractivity contribution < 1.29 is 8.78 Å². The van der Waals surface area contributed by atoms with Crippen LogP contribution in [0.25, 0.3) is 0 Å². The molecular weight excluding hydrogens is 366 g/mol. The molecule has 0 spiro atoms. The van der Waals surface area contributed by atoms with Gasteiger partial charge in [-0.1, -0.05) is 52.3 Å². The number of rotatable bonds is 6. The van der Waals surface area contributed by atoms with Crippen molar-refractivity contribution >= 4 is 5.69 Å². The lowest BCUT2D eigenvalue weighted by Gasteiger charge is -2.41. The predicted molar refractivity (Wildman–Crippen MR) is 124 cm³/mol. The zero-order chi connectivity index (χ0) is 22.4. The van der Waals surface area contributed by atoms with Crippen molar-refractivity contribution in [2.75, 3.05) is 26.2 Å². The summed E-state index contributed by atoms with van der Waals surface area (Å²) < 4.78 is 23.3. The Morgan fingerprint density at radius 2 is 1.97 bits per heavy atom. The van der Waals surface area contributed by atoms with E-state index >= 15 is 0 Å². The second kappa shape index (κ2) is 14.1. The summed E-state index contributed by atoms with van der Waals surface area (Å²) in [6.07, 6.45) is 14.9. The number of pyridine rings is 1. The molecule has 1 aromatic rings. The number of nitrogens with zero attached hydrogens (tertiary/aromatic N) is 2. The number of halogens is 2. The first kappa shape index (κ1) is 27.0. The van der Waals surface area contributed by atoms with Crippen LogP contribution in [0.1, 0.15) is 53.9 Å². The summed E-state index contributed by atoms with van der Waals surface area (Å²) in [5.74, 6) is 0.811. The Morgan fingerprint density at radius 1 is 1.31 bits per heavy atom. The Balaban J connectivity index is 0.000000595. The van der Waals surface area contributed by atoms with Crippen molar-refractivity contribution in [1.29, 1.82) is 0 Å². The van der Waals surface area contributed by atoms with Gasteiger partial charge in [-0.15, -0.1) is 0 Å². The van der Waals surface area contributed by atoms with Crippen molar-refractivity contribution in [3.63, 3.8) is 0 Å². The van der Waals surface area contributed by atoms with Gasteiger partial charge in [0.15, 0.2) is 0 Å². The SMILES string of the molecule is CCC=CC(C)(C(C)CC)C1CC=CC(F)=C1C.CF.CN(C)c1cccnc1. The fourth-order valence-corrected chi connectivity index (χ4v) is 3.56. The highest BCUT2D eigenvalue weighted by Gasteiger charge is 2.38. The van der Waals surface area contributed by atoms with E-state index in [1.54, 1.807) is 12.3 Å². The third-order valence-electron chi connectivity index (χ3n) is 5.84. The lowest BCUT2D eigenvalue weighted by Crippen LogP contribution is -2.33. The maximum absolute atomic E-state index is 13.8. The Bertz CT molecular complexity index is 650. The molecule has 1 aliphatic rings. The lowest BCUT2D eigenvalue weighted by atomic mass is 9.63. The normalized spacial score (nSPS) is 18.9. The molecule has 2 nitrogen and oxygen atoms in total. The van der Waals surface area contributed by atoms with E-state index in [2.05, 4.69) is 44.8 Å². The van der Waals surface area contributed by atoms with Gasteiger partial charge in [0, 0.05) is 20.3 Å². The molecule has 0 N–H and O–H groups in total. The van der Waals surface area contributed by atoms with E-state index in [1.165, 1.54) is 0 Å². The largest absolute Gasteiger partial charge is 0.376 e. The molecule has 0 fully saturated rings. The molecular formula is C25H40F2N2. The molecule has 164 valence electrons. The van der Waals surface area contributed by atoms with Crippen molar-refractivity contribution in [3.05, 3.63) is 60.2 Å². The van der Waals surface area contributed by atoms with Gasteiger partial charge in [0.05, 0.1) is 19.1 Å². The number of alkyl halides is 1. The quantitative estimate of drug-likeness (QED) is 0.453. The van der Waals surface area contributed by atoms with E-state index < -0.39 is 0 Å². The number of allylic oxidation sites excluding steroid dienone is 6. The molecule has 1 aromatic heterocycles. The van der Waals surface area contributed by atoms with Crippen LogP contribution in [0.2, 0.25) is 0 Å². The van der Waals surface area contributed by atoms with Crippen LogP contribution in [0.4, 0.5) is 14.5 Å². The van der Waals surface area contributed by atoms with Gasteiger partial charge < -0.3 is 4.90 Å². The fourth-order valence-electron chi connectivity index (χ4n) is 3.56. The molecule has 3 unspecified atom stereocenters. The van der Waals surface area contributed by atoms with Crippen LogP contribution < -0.4 is 4.90 Å². The van der Waals surface area contributed by atoms with Crippen molar-refractivity contribution in [1.82, 2.24) is 4.98 Å². The van der Waals surface area contributed by atoms with Gasteiger partial charge in [-0.25, -0.2) is 4.39 Å². The molecule has 29 heavy (non-hydrogen) atoms. The van der Waals surface area contributed by atoms with E-state index in [9.17, 15) is 8.78 Å². The first-order chi connectivity index (χ1) is 13.8. The topological polar surface area (TPSA) is 16.1 Å². The summed E-state index contributed by atoms with van der Waals surface area (Å²) in [6, 6.07) is 3.95. The van der Waals surface area contributed by atoms with Gasteiger partial charge in [0.1, 0.15) is 5.83 Å². The third-order valence-corrected chi connectivity index (χ3v) is 5.84. The maximum atomic E-state index is 13.8. The highest BCUT2D eigenvalue weighted by molar-refractivity contribution is 5.41. The van der Waals surface area contributed by atoms with Gasteiger partial charge in [-0.2, -0.15) is 0 Å². The predicted octanol–water partition coefficient (Wildman–Crippen LogP) is 7.56. The standard InChI is InChI=1S/C17H27F.C7H10N2.CH3F/c1-6-8-12-17(5,13(3)7-2)15-10-9-11-16(18)14(15)4;1-9(2)7-4-3-5-8-6-7;1-2/h8-9,11-13,15H,6-7,10H2,1-5H3;3-6H,1-2H3;1H3. The van der Waals surface area contributed by atoms with Crippen LogP contribution in [0.3, 0.4) is 0 Å². The zero-order valence-electron chi connectivity index (χ0n) is 19.5. The fraction of sp³-hybridized carbons (Fsp3) is 0.560. The van der Waals surface area contributed by atoms with Crippen LogP contribution in [0.5, 0.6) is 0 Å². The van der Waals surface area contributed by atoms with Gasteiger partial charge >= 0.3 is 0 Å². The van der Waals surface area contributed by atoms with Crippen LogP contribution in [-0.4, -0.2) is 26.3 Å². The zero-order valence-corrected chi connectivity index (χ0v) is 19.5. The Hall–Kier alpha value is -1.97. The van der Waals surface area contributed by atoms with Crippen molar-refractivity contribution in [3.8, 4) is 0 Å². The highest BCUT2D eigenvalue weighted by atomic mass is 19.1. The van der Waals surface area contributed by atoms with E-state index in [0.29, 0.717) is 19.0 Å². The van der Waals surface area contributed by atoms with Crippen LogP contribution in [0, 0.1) is 17.3 Å². The summed E-state index contributed by atoms with van der Waals surface area (Å²) in [5.41, 5.74) is 2.11. The number of anilines is 1. The van der Waals surface area contributed by atoms with Gasteiger partial charge in [-0.3, -0.25) is 9.37 Å². The second-order valence-electron chi connectivity index (χ2n) is 7.81. The average Bonchev–Trinajstić information content (AvgIpc) is 2.75. The monoisotopic (exact) mass is 406 g/mol. The highest BCUT2D eigenvalue weighted by Crippen LogP contribution is 2.46. The molecule has 0 radical (unpaired) electrons. The molecule has 0 saturated carbocycles. The number of hydrogen-bond acceptors (Lipinski definition) is 2. The molecule has 0 bridgehead atoms. The third kappa shape index (κ3) is 8.12.